The lowest BCUT2D eigenvalue weighted by Crippen LogP contribution is -2.59. The topological polar surface area (TPSA) is 182 Å². The van der Waals surface area contributed by atoms with Gasteiger partial charge in [-0.1, -0.05) is 26.0 Å². The van der Waals surface area contributed by atoms with Gasteiger partial charge in [0, 0.05) is 23.9 Å². The van der Waals surface area contributed by atoms with E-state index >= 15 is 0 Å². The van der Waals surface area contributed by atoms with E-state index < -0.39 is 68.2 Å². The first-order chi connectivity index (χ1) is 27.5. The number of allylic oxidation sites excluding steroid dienone is 1. The van der Waals surface area contributed by atoms with Crippen LogP contribution in [0.5, 0.6) is 11.6 Å². The largest absolute Gasteiger partial charge is 0.491 e. The van der Waals surface area contributed by atoms with E-state index in [1.165, 1.54) is 11.3 Å². The predicted octanol–water partition coefficient (Wildman–Crippen LogP) is 5.15. The van der Waals surface area contributed by atoms with Crippen molar-refractivity contribution >= 4 is 44.6 Å². The van der Waals surface area contributed by atoms with E-state index in [1.807, 2.05) is 57.2 Å². The standard InChI is InChI=1S/C43H57N5O9S/c1-24(2)55-31-10-11-34-27(18-31)12-15-44-38(34)56-33-21-35-37(49)46-43(40(51)47-58(53,54)42(5)13-14-42)22-30(43)9-7-6-8-25(3)16-26(4)36(39(50)48(35)23-33)45-41(52)57-32-19-28-17-29(28)20-32/h7,9-12,15,18,24-26,28-30,32-33,35-36H,6,8,13-14,16-17,19-23H2,1-5H3,(H,45,52)(H,46,49)(H,47,51). The van der Waals surface area contributed by atoms with Crippen molar-refractivity contribution in [3.63, 3.8) is 0 Å². The maximum atomic E-state index is 14.9. The molecule has 6 aliphatic rings. The third kappa shape index (κ3) is 8.24. The lowest BCUT2D eigenvalue weighted by Gasteiger charge is -2.33. The summed E-state index contributed by atoms with van der Waals surface area (Å²) in [6.07, 6.45) is 10.0. The molecular formula is C43H57N5O9S. The number of carbonyl (C=O) groups excluding carboxylic acids is 4. The van der Waals surface area contributed by atoms with Crippen molar-refractivity contribution in [2.24, 2.45) is 29.6 Å². The molecule has 4 amide bonds. The molecule has 8 rings (SSSR count). The Morgan fingerprint density at radius 3 is 2.50 bits per heavy atom. The van der Waals surface area contributed by atoms with E-state index in [9.17, 15) is 27.6 Å². The van der Waals surface area contributed by atoms with Gasteiger partial charge in [-0.25, -0.2) is 18.2 Å². The first-order valence-corrected chi connectivity index (χ1v) is 22.6. The Kier molecular flexibility index (Phi) is 10.7. The highest BCUT2D eigenvalue weighted by Crippen LogP contribution is 2.52. The molecule has 3 heterocycles. The quantitative estimate of drug-likeness (QED) is 0.286. The summed E-state index contributed by atoms with van der Waals surface area (Å²) in [6, 6.07) is 5.34. The van der Waals surface area contributed by atoms with Crippen molar-refractivity contribution in [2.45, 2.75) is 140 Å². The van der Waals surface area contributed by atoms with Gasteiger partial charge < -0.3 is 29.7 Å². The van der Waals surface area contributed by atoms with E-state index in [0.717, 1.165) is 30.0 Å². The normalized spacial score (nSPS) is 34.1. The molecule has 9 unspecified atom stereocenters. The van der Waals surface area contributed by atoms with Gasteiger partial charge in [-0.2, -0.15) is 0 Å². The monoisotopic (exact) mass is 819 g/mol. The number of ether oxygens (including phenoxy) is 3. The van der Waals surface area contributed by atoms with Crippen LogP contribution in [0, 0.1) is 29.6 Å². The molecule has 0 bridgehead atoms. The van der Waals surface area contributed by atoms with Crippen molar-refractivity contribution < 1.29 is 41.8 Å². The van der Waals surface area contributed by atoms with E-state index in [-0.39, 0.29) is 43.4 Å². The molecule has 4 aliphatic carbocycles. The second-order valence-corrected chi connectivity index (χ2v) is 20.7. The van der Waals surface area contributed by atoms with Gasteiger partial charge in [0.1, 0.15) is 35.6 Å². The molecule has 4 saturated carbocycles. The van der Waals surface area contributed by atoms with Gasteiger partial charge in [0.15, 0.2) is 0 Å². The molecule has 1 saturated heterocycles. The van der Waals surface area contributed by atoms with Crippen molar-refractivity contribution in [2.75, 3.05) is 6.54 Å². The summed E-state index contributed by atoms with van der Waals surface area (Å²) in [5, 5.41) is 7.41. The minimum Gasteiger partial charge on any atom is -0.491 e. The number of alkyl carbamates (subject to hydrolysis) is 1. The number of sulfonamides is 1. The summed E-state index contributed by atoms with van der Waals surface area (Å²) >= 11 is 0. The van der Waals surface area contributed by atoms with Crippen LogP contribution in [0.4, 0.5) is 4.79 Å². The van der Waals surface area contributed by atoms with Crippen LogP contribution >= 0.6 is 0 Å². The Morgan fingerprint density at radius 1 is 1.02 bits per heavy atom. The minimum atomic E-state index is -3.99. The smallest absolute Gasteiger partial charge is 0.408 e. The first-order valence-electron chi connectivity index (χ1n) is 21.1. The summed E-state index contributed by atoms with van der Waals surface area (Å²) in [5.41, 5.74) is -1.52. The molecule has 314 valence electrons. The molecule has 58 heavy (non-hydrogen) atoms. The Bertz CT molecular complexity index is 2100. The van der Waals surface area contributed by atoms with Gasteiger partial charge in [-0.15, -0.1) is 0 Å². The van der Waals surface area contributed by atoms with E-state index in [0.29, 0.717) is 49.1 Å². The average molecular weight is 820 g/mol. The molecule has 2 aliphatic heterocycles. The maximum Gasteiger partial charge on any atom is 0.408 e. The lowest BCUT2D eigenvalue weighted by molar-refractivity contribution is -0.142. The summed E-state index contributed by atoms with van der Waals surface area (Å²) in [6.45, 7) is 9.54. The molecule has 9 atom stereocenters. The maximum absolute atomic E-state index is 14.9. The number of rotatable bonds is 9. The zero-order valence-electron chi connectivity index (χ0n) is 34.1. The number of carbonyl (C=O) groups is 4. The molecule has 14 nitrogen and oxygen atoms in total. The Balaban J connectivity index is 1.09. The summed E-state index contributed by atoms with van der Waals surface area (Å²) in [7, 11) is -3.99. The van der Waals surface area contributed by atoms with Crippen molar-refractivity contribution in [1.29, 1.82) is 0 Å². The molecule has 15 heteroatoms. The van der Waals surface area contributed by atoms with Gasteiger partial charge in [-0.05, 0) is 132 Å². The van der Waals surface area contributed by atoms with Gasteiger partial charge >= 0.3 is 6.09 Å². The van der Waals surface area contributed by atoms with E-state index in [2.05, 4.69) is 27.3 Å². The van der Waals surface area contributed by atoms with E-state index in [4.69, 9.17) is 14.2 Å². The fraction of sp³-hybridized carbons (Fsp3) is 0.651. The van der Waals surface area contributed by atoms with Gasteiger partial charge in [0.05, 0.1) is 17.4 Å². The van der Waals surface area contributed by atoms with Crippen LogP contribution < -0.4 is 24.8 Å². The Morgan fingerprint density at radius 2 is 1.78 bits per heavy atom. The summed E-state index contributed by atoms with van der Waals surface area (Å²) < 4.78 is 46.0. The zero-order valence-corrected chi connectivity index (χ0v) is 34.9. The third-order valence-electron chi connectivity index (χ3n) is 13.3. The minimum absolute atomic E-state index is 0.000277. The summed E-state index contributed by atoms with van der Waals surface area (Å²) in [5.74, 6) is -0.199. The second-order valence-electron chi connectivity index (χ2n) is 18.5. The highest BCUT2D eigenvalue weighted by atomic mass is 32.2. The number of aromatic nitrogens is 1. The second kappa shape index (κ2) is 15.3. The zero-order chi connectivity index (χ0) is 41.1. The van der Waals surface area contributed by atoms with Crippen LogP contribution in [0.25, 0.3) is 10.8 Å². The number of hydrogen-bond acceptors (Lipinski definition) is 10. The molecule has 5 fully saturated rings. The highest BCUT2D eigenvalue weighted by Gasteiger charge is 2.63. The third-order valence-corrected chi connectivity index (χ3v) is 15.5. The van der Waals surface area contributed by atoms with Crippen LogP contribution in [0.15, 0.2) is 42.6 Å². The number of pyridine rings is 1. The van der Waals surface area contributed by atoms with Crippen molar-refractivity contribution in [3.05, 3.63) is 42.6 Å². The predicted molar refractivity (Wildman–Crippen MR) is 215 cm³/mol. The number of benzene rings is 1. The number of hydrogen-bond donors (Lipinski definition) is 3. The SMILES string of the molecule is CC1CCC=CC2CC2(C(=O)NS(=O)(=O)C2(C)CC2)NC(=O)C2CC(Oc3nccc4cc(OC(C)C)ccc34)CN2C(=O)C(NC(=O)OC2CC3CC3C2)C(C)C1. The van der Waals surface area contributed by atoms with Crippen molar-refractivity contribution in [3.8, 4) is 11.6 Å². The Labute approximate surface area is 340 Å². The van der Waals surface area contributed by atoms with Gasteiger partial charge in [0.25, 0.3) is 5.91 Å². The fourth-order valence-corrected chi connectivity index (χ4v) is 10.7. The molecule has 2 aromatic rings. The van der Waals surface area contributed by atoms with Crippen LogP contribution in [0.3, 0.4) is 0 Å². The lowest BCUT2D eigenvalue weighted by atomic mass is 9.88. The average Bonchev–Trinajstić information content (AvgIpc) is 4.12. The Hall–Kier alpha value is -4.40. The van der Waals surface area contributed by atoms with E-state index in [1.54, 1.807) is 13.1 Å². The van der Waals surface area contributed by atoms with Gasteiger partial charge in [-0.3, -0.25) is 19.1 Å². The molecule has 0 spiro atoms. The number of amides is 4. The summed E-state index contributed by atoms with van der Waals surface area (Å²) in [4.78, 5) is 62.9. The first kappa shape index (κ1) is 40.4. The van der Waals surface area contributed by atoms with Crippen molar-refractivity contribution in [1.82, 2.24) is 25.2 Å². The van der Waals surface area contributed by atoms with Crippen LogP contribution in [-0.4, -0.2) is 89.3 Å². The molecule has 3 N–H and O–H groups in total. The van der Waals surface area contributed by atoms with Gasteiger partial charge in [0.2, 0.25) is 27.7 Å². The number of fused-ring (bicyclic) bond motifs is 4. The fourth-order valence-electron chi connectivity index (χ4n) is 9.39. The number of nitrogens with one attached hydrogen (secondary N) is 3. The van der Waals surface area contributed by atoms with Crippen LogP contribution in [-0.2, 0) is 29.1 Å². The number of nitrogens with zero attached hydrogens (tertiary/aromatic N) is 2. The van der Waals surface area contributed by atoms with Crippen LogP contribution in [0.1, 0.15) is 98.8 Å². The molecular weight excluding hydrogens is 763 g/mol. The molecule has 1 aromatic carbocycles. The highest BCUT2D eigenvalue weighted by molar-refractivity contribution is 7.91. The molecule has 0 radical (unpaired) electrons. The van der Waals surface area contributed by atoms with Crippen LogP contribution in [0.2, 0.25) is 0 Å². The molecule has 1 aromatic heterocycles.